The predicted octanol–water partition coefficient (Wildman–Crippen LogP) is 3.62. The highest BCUT2D eigenvalue weighted by Gasteiger charge is 2.61. The quantitative estimate of drug-likeness (QED) is 0.923. The van der Waals surface area contributed by atoms with Crippen molar-refractivity contribution < 1.29 is 14.6 Å². The minimum atomic E-state index is -0.561. The van der Waals surface area contributed by atoms with Crippen molar-refractivity contribution in [3.8, 4) is 5.75 Å². The third-order valence-electron chi connectivity index (χ3n) is 6.22. The van der Waals surface area contributed by atoms with Gasteiger partial charge in [0.05, 0.1) is 12.5 Å². The molecule has 4 bridgehead atoms. The van der Waals surface area contributed by atoms with Crippen LogP contribution in [0.25, 0.3) is 0 Å². The number of hydrogen-bond acceptors (Lipinski definition) is 2. The molecule has 112 valence electrons. The van der Waals surface area contributed by atoms with Gasteiger partial charge in [-0.3, -0.25) is 4.79 Å². The van der Waals surface area contributed by atoms with Crippen LogP contribution in [-0.4, -0.2) is 18.2 Å². The molecule has 0 amide bonds. The molecule has 0 unspecified atom stereocenters. The average molecular weight is 286 g/mol. The zero-order chi connectivity index (χ0) is 14.7. The summed E-state index contributed by atoms with van der Waals surface area (Å²) in [5.74, 6) is 1.51. The molecule has 1 aromatic rings. The normalized spacial score (nSPS) is 40.2. The summed E-state index contributed by atoms with van der Waals surface area (Å²) in [6.07, 6.45) is 6.21. The van der Waals surface area contributed by atoms with Gasteiger partial charge in [-0.05, 0) is 73.5 Å². The van der Waals surface area contributed by atoms with Gasteiger partial charge < -0.3 is 9.84 Å². The highest BCUT2D eigenvalue weighted by Crippen LogP contribution is 2.65. The fourth-order valence-electron chi connectivity index (χ4n) is 5.80. The Kier molecular flexibility index (Phi) is 2.66. The molecule has 1 N–H and O–H groups in total. The molecule has 4 fully saturated rings. The summed E-state index contributed by atoms with van der Waals surface area (Å²) in [6.45, 7) is 0. The van der Waals surface area contributed by atoms with Crippen LogP contribution >= 0.6 is 0 Å². The lowest BCUT2D eigenvalue weighted by Crippen LogP contribution is -2.56. The van der Waals surface area contributed by atoms with Gasteiger partial charge in [-0.1, -0.05) is 12.1 Å². The van der Waals surface area contributed by atoms with Crippen LogP contribution in [0.2, 0.25) is 0 Å². The van der Waals surface area contributed by atoms with Crippen LogP contribution in [-0.2, 0) is 10.2 Å². The maximum Gasteiger partial charge on any atom is 0.309 e. The summed E-state index contributed by atoms with van der Waals surface area (Å²) in [5.41, 5.74) is 0.960. The Bertz CT molecular complexity index is 561. The first-order chi connectivity index (χ1) is 10.1. The van der Waals surface area contributed by atoms with Gasteiger partial charge in [0.15, 0.2) is 0 Å². The largest absolute Gasteiger partial charge is 0.497 e. The van der Waals surface area contributed by atoms with Gasteiger partial charge in [0.25, 0.3) is 0 Å². The Balaban J connectivity index is 1.75. The molecule has 0 spiro atoms. The van der Waals surface area contributed by atoms with Crippen LogP contribution in [0.3, 0.4) is 0 Å². The third kappa shape index (κ3) is 1.82. The van der Waals surface area contributed by atoms with Crippen molar-refractivity contribution in [1.29, 1.82) is 0 Å². The van der Waals surface area contributed by atoms with Crippen molar-refractivity contribution in [2.75, 3.05) is 7.11 Å². The summed E-state index contributed by atoms with van der Waals surface area (Å²) < 4.78 is 5.25. The molecule has 3 nitrogen and oxygen atoms in total. The minimum absolute atomic E-state index is 0.0920. The van der Waals surface area contributed by atoms with Crippen molar-refractivity contribution in [2.45, 2.75) is 43.9 Å². The summed E-state index contributed by atoms with van der Waals surface area (Å²) in [4.78, 5) is 11.9. The number of ether oxygens (including phenoxy) is 1. The second-order valence-corrected chi connectivity index (χ2v) is 7.56. The Morgan fingerprint density at radius 3 is 2.29 bits per heavy atom. The number of carboxylic acid groups (broad SMARTS) is 1. The Morgan fingerprint density at radius 1 is 1.14 bits per heavy atom. The van der Waals surface area contributed by atoms with Gasteiger partial charge >= 0.3 is 5.97 Å². The van der Waals surface area contributed by atoms with Crippen molar-refractivity contribution in [3.05, 3.63) is 29.8 Å². The van der Waals surface area contributed by atoms with Gasteiger partial charge in [0, 0.05) is 0 Å². The third-order valence-corrected chi connectivity index (χ3v) is 6.22. The minimum Gasteiger partial charge on any atom is -0.497 e. The Morgan fingerprint density at radius 2 is 1.76 bits per heavy atom. The van der Waals surface area contributed by atoms with Crippen LogP contribution in [0.1, 0.15) is 44.1 Å². The highest BCUT2D eigenvalue weighted by molar-refractivity contribution is 5.76. The predicted molar refractivity (Wildman–Crippen MR) is 79.4 cm³/mol. The van der Waals surface area contributed by atoms with Crippen molar-refractivity contribution >= 4 is 5.97 Å². The molecule has 0 saturated heterocycles. The summed E-state index contributed by atoms with van der Waals surface area (Å²) >= 11 is 0. The molecular formula is C18H22O3. The van der Waals surface area contributed by atoms with Crippen LogP contribution in [0.4, 0.5) is 0 Å². The fraction of sp³-hybridized carbons (Fsp3) is 0.611. The topological polar surface area (TPSA) is 46.5 Å². The van der Waals surface area contributed by atoms with E-state index in [4.69, 9.17) is 4.74 Å². The van der Waals surface area contributed by atoms with E-state index >= 15 is 0 Å². The molecule has 0 aromatic heterocycles. The van der Waals surface area contributed by atoms with Crippen LogP contribution in [0.5, 0.6) is 5.75 Å². The summed E-state index contributed by atoms with van der Waals surface area (Å²) in [5, 5.41) is 9.80. The number of benzene rings is 1. The van der Waals surface area contributed by atoms with E-state index in [9.17, 15) is 9.90 Å². The first-order valence-electron chi connectivity index (χ1n) is 7.93. The fourth-order valence-corrected chi connectivity index (χ4v) is 5.80. The highest BCUT2D eigenvalue weighted by atomic mass is 16.5. The summed E-state index contributed by atoms with van der Waals surface area (Å²) in [7, 11) is 1.68. The maximum atomic E-state index is 11.9. The van der Waals surface area contributed by atoms with Gasteiger partial charge in [0.2, 0.25) is 0 Å². The lowest BCUT2D eigenvalue weighted by Gasteiger charge is -2.60. The molecule has 0 aliphatic heterocycles. The number of rotatable bonds is 3. The molecular weight excluding hydrogens is 264 g/mol. The van der Waals surface area contributed by atoms with E-state index in [-0.39, 0.29) is 5.41 Å². The van der Waals surface area contributed by atoms with Gasteiger partial charge in [0.1, 0.15) is 5.75 Å². The lowest BCUT2D eigenvalue weighted by atomic mass is 9.43. The molecule has 0 heterocycles. The second-order valence-electron chi connectivity index (χ2n) is 7.56. The van der Waals surface area contributed by atoms with Gasteiger partial charge in [-0.15, -0.1) is 0 Å². The lowest BCUT2D eigenvalue weighted by molar-refractivity contribution is -0.167. The van der Waals surface area contributed by atoms with E-state index < -0.39 is 11.4 Å². The molecule has 2 atom stereocenters. The Labute approximate surface area is 125 Å². The van der Waals surface area contributed by atoms with Gasteiger partial charge in [-0.25, -0.2) is 0 Å². The standard InChI is InChI=1S/C18H22O3/c1-21-15-4-2-14(3-5-15)17-7-12-6-13(8-17)10-18(9-12,11-17)16(19)20/h2-5,12-13H,6-11H2,1H3,(H,19,20)/t12-,13-,17?,18?/m0/s1. The SMILES string of the molecule is COc1ccc(C23C[C@@H]4C[C@H](CC(C(=O)O)(C4)C2)C3)cc1. The van der Waals surface area contributed by atoms with Crippen molar-refractivity contribution in [3.63, 3.8) is 0 Å². The molecule has 4 aliphatic rings. The monoisotopic (exact) mass is 286 g/mol. The maximum absolute atomic E-state index is 11.9. The molecule has 5 rings (SSSR count). The Hall–Kier alpha value is -1.51. The molecule has 4 saturated carbocycles. The molecule has 1 aromatic carbocycles. The van der Waals surface area contributed by atoms with Crippen molar-refractivity contribution in [2.24, 2.45) is 17.3 Å². The van der Waals surface area contributed by atoms with E-state index in [1.807, 2.05) is 12.1 Å². The number of carbonyl (C=O) groups is 1. The van der Waals surface area contributed by atoms with E-state index in [0.29, 0.717) is 11.8 Å². The zero-order valence-electron chi connectivity index (χ0n) is 12.5. The number of aliphatic carboxylic acids is 1. The first-order valence-corrected chi connectivity index (χ1v) is 7.93. The zero-order valence-corrected chi connectivity index (χ0v) is 12.5. The molecule has 21 heavy (non-hydrogen) atoms. The first kappa shape index (κ1) is 13.2. The molecule has 3 heteroatoms. The van der Waals surface area contributed by atoms with Crippen molar-refractivity contribution in [1.82, 2.24) is 0 Å². The summed E-state index contributed by atoms with van der Waals surface area (Å²) in [6, 6.07) is 8.34. The smallest absolute Gasteiger partial charge is 0.309 e. The van der Waals surface area contributed by atoms with E-state index in [2.05, 4.69) is 12.1 Å². The van der Waals surface area contributed by atoms with Crippen LogP contribution in [0, 0.1) is 17.3 Å². The van der Waals surface area contributed by atoms with Crippen LogP contribution in [0.15, 0.2) is 24.3 Å². The van der Waals surface area contributed by atoms with E-state index in [0.717, 1.165) is 25.0 Å². The second kappa shape index (κ2) is 4.25. The van der Waals surface area contributed by atoms with E-state index in [1.54, 1.807) is 7.11 Å². The number of carboxylic acids is 1. The van der Waals surface area contributed by atoms with Crippen LogP contribution < -0.4 is 4.74 Å². The molecule has 4 aliphatic carbocycles. The van der Waals surface area contributed by atoms with E-state index in [1.165, 1.54) is 24.8 Å². The number of methoxy groups -OCH3 is 1. The molecule has 0 radical (unpaired) electrons. The number of hydrogen-bond donors (Lipinski definition) is 1. The average Bonchev–Trinajstić information content (AvgIpc) is 2.46. The van der Waals surface area contributed by atoms with Gasteiger partial charge in [-0.2, -0.15) is 0 Å².